The van der Waals surface area contributed by atoms with E-state index < -0.39 is 17.8 Å². The highest BCUT2D eigenvalue weighted by atomic mass is 35.5. The van der Waals surface area contributed by atoms with Gasteiger partial charge in [0.1, 0.15) is 0 Å². The van der Waals surface area contributed by atoms with Crippen molar-refractivity contribution in [3.05, 3.63) is 34.3 Å². The highest BCUT2D eigenvalue weighted by Crippen LogP contribution is 2.35. The molecular weight excluding hydrogens is 217 g/mol. The minimum Gasteiger partial charge on any atom is -0.389 e. The van der Waals surface area contributed by atoms with Crippen molar-refractivity contribution in [2.45, 2.75) is 19.2 Å². The largest absolute Gasteiger partial charge is 0.417 e. The van der Waals surface area contributed by atoms with Crippen LogP contribution >= 0.6 is 11.6 Å². The van der Waals surface area contributed by atoms with Crippen LogP contribution in [0.15, 0.2) is 18.2 Å². The van der Waals surface area contributed by atoms with Gasteiger partial charge in [-0.05, 0) is 24.6 Å². The number of rotatable bonds is 1. The van der Waals surface area contributed by atoms with Crippen LogP contribution < -0.4 is 0 Å². The molecule has 78 valence electrons. The van der Waals surface area contributed by atoms with Crippen LogP contribution in [-0.4, -0.2) is 5.11 Å². The van der Waals surface area contributed by atoms with Crippen molar-refractivity contribution in [2.24, 2.45) is 0 Å². The molecule has 14 heavy (non-hydrogen) atoms. The first-order valence-electron chi connectivity index (χ1n) is 3.87. The third kappa shape index (κ3) is 2.39. The third-order valence-corrected chi connectivity index (χ3v) is 2.11. The lowest BCUT2D eigenvalue weighted by molar-refractivity contribution is -0.137. The smallest absolute Gasteiger partial charge is 0.389 e. The van der Waals surface area contributed by atoms with E-state index in [9.17, 15) is 13.2 Å². The second-order valence-corrected chi connectivity index (χ2v) is 3.32. The van der Waals surface area contributed by atoms with Crippen molar-refractivity contribution in [1.82, 2.24) is 0 Å². The number of benzene rings is 1. The lowest BCUT2D eigenvalue weighted by Gasteiger charge is -2.11. The molecule has 1 aromatic carbocycles. The van der Waals surface area contributed by atoms with Gasteiger partial charge < -0.3 is 5.11 Å². The van der Waals surface area contributed by atoms with E-state index in [1.54, 1.807) is 0 Å². The van der Waals surface area contributed by atoms with Crippen LogP contribution in [0.3, 0.4) is 0 Å². The topological polar surface area (TPSA) is 20.2 Å². The van der Waals surface area contributed by atoms with Gasteiger partial charge in [-0.1, -0.05) is 17.7 Å². The second kappa shape index (κ2) is 3.79. The summed E-state index contributed by atoms with van der Waals surface area (Å²) < 4.78 is 37.0. The minimum absolute atomic E-state index is 0.196. The second-order valence-electron chi connectivity index (χ2n) is 2.91. The van der Waals surface area contributed by atoms with Gasteiger partial charge in [0.25, 0.3) is 0 Å². The van der Waals surface area contributed by atoms with Crippen molar-refractivity contribution >= 4 is 11.6 Å². The molecule has 0 aliphatic carbocycles. The van der Waals surface area contributed by atoms with Crippen LogP contribution in [0, 0.1) is 0 Å². The van der Waals surface area contributed by atoms with Gasteiger partial charge in [-0.2, -0.15) is 13.2 Å². The number of aliphatic hydroxyl groups excluding tert-OH is 1. The summed E-state index contributed by atoms with van der Waals surface area (Å²) in [7, 11) is 0. The molecule has 0 spiro atoms. The monoisotopic (exact) mass is 224 g/mol. The molecule has 0 fully saturated rings. The van der Waals surface area contributed by atoms with Crippen LogP contribution in [-0.2, 0) is 6.18 Å². The maximum absolute atomic E-state index is 12.3. The third-order valence-electron chi connectivity index (χ3n) is 1.78. The quantitative estimate of drug-likeness (QED) is 0.775. The number of hydrogen-bond acceptors (Lipinski definition) is 1. The van der Waals surface area contributed by atoms with Crippen LogP contribution in [0.4, 0.5) is 13.2 Å². The number of hydrogen-bond donors (Lipinski definition) is 1. The predicted molar refractivity (Wildman–Crippen MR) is 47.1 cm³/mol. The van der Waals surface area contributed by atoms with Crippen LogP contribution in [0.5, 0.6) is 0 Å². The van der Waals surface area contributed by atoms with E-state index in [2.05, 4.69) is 0 Å². The zero-order chi connectivity index (χ0) is 10.9. The van der Waals surface area contributed by atoms with E-state index in [0.29, 0.717) is 0 Å². The van der Waals surface area contributed by atoms with Crippen molar-refractivity contribution < 1.29 is 18.3 Å². The van der Waals surface area contributed by atoms with E-state index >= 15 is 0 Å². The average molecular weight is 225 g/mol. The fourth-order valence-corrected chi connectivity index (χ4v) is 1.24. The van der Waals surface area contributed by atoms with Gasteiger partial charge in [-0.15, -0.1) is 0 Å². The molecule has 1 unspecified atom stereocenters. The molecule has 0 radical (unpaired) electrons. The molecule has 0 aliphatic rings. The summed E-state index contributed by atoms with van der Waals surface area (Å²) in [4.78, 5) is 0. The summed E-state index contributed by atoms with van der Waals surface area (Å²) >= 11 is 5.38. The van der Waals surface area contributed by atoms with Gasteiger partial charge in [0, 0.05) is 0 Å². The normalized spacial score (nSPS) is 14.1. The molecule has 0 saturated carbocycles. The molecule has 0 amide bonds. The summed E-state index contributed by atoms with van der Waals surface area (Å²) in [6, 6.07) is 3.35. The first-order chi connectivity index (χ1) is 6.32. The molecule has 0 saturated heterocycles. The summed E-state index contributed by atoms with van der Waals surface area (Å²) in [5.74, 6) is 0. The van der Waals surface area contributed by atoms with Gasteiger partial charge in [0.2, 0.25) is 0 Å². The zero-order valence-corrected chi connectivity index (χ0v) is 8.02. The minimum atomic E-state index is -4.48. The molecule has 0 heterocycles. The number of alkyl halides is 3. The fraction of sp³-hybridized carbons (Fsp3) is 0.333. The Hall–Kier alpha value is -0.740. The van der Waals surface area contributed by atoms with E-state index in [4.69, 9.17) is 16.7 Å². The summed E-state index contributed by atoms with van der Waals surface area (Å²) in [6.45, 7) is 1.39. The van der Waals surface area contributed by atoms with E-state index in [1.807, 2.05) is 0 Å². The summed E-state index contributed by atoms with van der Waals surface area (Å²) in [5.41, 5.74) is -0.723. The maximum Gasteiger partial charge on any atom is 0.417 e. The van der Waals surface area contributed by atoms with Crippen LogP contribution in [0.25, 0.3) is 0 Å². The molecule has 1 N–H and O–H groups in total. The lowest BCUT2D eigenvalue weighted by atomic mass is 10.1. The van der Waals surface area contributed by atoms with Gasteiger partial charge in [-0.3, -0.25) is 0 Å². The average Bonchev–Trinajstić information content (AvgIpc) is 2.02. The van der Waals surface area contributed by atoms with Crippen molar-refractivity contribution in [3.63, 3.8) is 0 Å². The fourth-order valence-electron chi connectivity index (χ4n) is 1.02. The molecule has 1 nitrogen and oxygen atoms in total. The molecular formula is C9H8ClF3O. The molecule has 0 bridgehead atoms. The molecule has 5 heteroatoms. The van der Waals surface area contributed by atoms with E-state index in [1.165, 1.54) is 13.0 Å². The molecule has 0 aliphatic heterocycles. The van der Waals surface area contributed by atoms with Gasteiger partial charge >= 0.3 is 6.18 Å². The van der Waals surface area contributed by atoms with Crippen LogP contribution in [0.1, 0.15) is 24.2 Å². The molecule has 1 atom stereocenters. The SMILES string of the molecule is CC(O)c1ccc(Cl)c(C(F)(F)F)c1. The van der Waals surface area contributed by atoms with Gasteiger partial charge in [-0.25, -0.2) is 0 Å². The van der Waals surface area contributed by atoms with Crippen molar-refractivity contribution in [3.8, 4) is 0 Å². The maximum atomic E-state index is 12.3. The first kappa shape index (κ1) is 11.3. The Balaban J connectivity index is 3.22. The standard InChI is InChI=1S/C9H8ClF3O/c1-5(14)6-2-3-8(10)7(4-6)9(11,12)13/h2-5,14H,1H3. The predicted octanol–water partition coefficient (Wildman–Crippen LogP) is 3.41. The van der Waals surface area contributed by atoms with E-state index in [0.717, 1.165) is 12.1 Å². The van der Waals surface area contributed by atoms with Gasteiger partial charge in [0.15, 0.2) is 0 Å². The highest BCUT2D eigenvalue weighted by molar-refractivity contribution is 6.31. The molecule has 1 aromatic rings. The first-order valence-corrected chi connectivity index (χ1v) is 4.25. The Labute approximate surface area is 84.1 Å². The van der Waals surface area contributed by atoms with E-state index in [-0.39, 0.29) is 10.6 Å². The Morgan fingerprint density at radius 3 is 2.36 bits per heavy atom. The van der Waals surface area contributed by atoms with Crippen molar-refractivity contribution in [1.29, 1.82) is 0 Å². The zero-order valence-electron chi connectivity index (χ0n) is 7.27. The van der Waals surface area contributed by atoms with Crippen LogP contribution in [0.2, 0.25) is 5.02 Å². The molecule has 1 rings (SSSR count). The molecule has 0 aromatic heterocycles. The Kier molecular flexibility index (Phi) is 3.07. The highest BCUT2D eigenvalue weighted by Gasteiger charge is 2.33. The van der Waals surface area contributed by atoms with Crippen molar-refractivity contribution in [2.75, 3.05) is 0 Å². The Bertz CT molecular complexity index is 333. The number of halogens is 4. The summed E-state index contributed by atoms with van der Waals surface area (Å²) in [6.07, 6.45) is -5.42. The summed E-state index contributed by atoms with van der Waals surface area (Å²) in [5, 5.41) is 8.73. The Morgan fingerprint density at radius 1 is 1.36 bits per heavy atom. The number of aliphatic hydroxyl groups is 1. The van der Waals surface area contributed by atoms with Gasteiger partial charge in [0.05, 0.1) is 16.7 Å². The lowest BCUT2D eigenvalue weighted by Crippen LogP contribution is -2.07. The Morgan fingerprint density at radius 2 is 1.93 bits per heavy atom.